The molecule has 5 N–H and O–H groups in total. The van der Waals surface area contributed by atoms with Crippen molar-refractivity contribution in [1.82, 2.24) is 20.6 Å². The van der Waals surface area contributed by atoms with Crippen molar-refractivity contribution in [3.63, 3.8) is 0 Å². The number of aromatic nitrogens is 2. The van der Waals surface area contributed by atoms with Crippen LogP contribution in [0.1, 0.15) is 81.6 Å². The second-order valence-corrected chi connectivity index (χ2v) is 13.8. The Balaban J connectivity index is 1.48. The summed E-state index contributed by atoms with van der Waals surface area (Å²) in [6.45, 7) is 10.6. The molecule has 7 rings (SSSR count). The van der Waals surface area contributed by atoms with Crippen molar-refractivity contribution >= 4 is 17.5 Å². The highest BCUT2D eigenvalue weighted by molar-refractivity contribution is 5.90. The van der Waals surface area contributed by atoms with Gasteiger partial charge in [-0.2, -0.15) is 0 Å². The highest BCUT2D eigenvalue weighted by Gasteiger charge is 2.61. The molecule has 4 aromatic rings. The van der Waals surface area contributed by atoms with Gasteiger partial charge < -0.3 is 39.7 Å². The second-order valence-electron chi connectivity index (χ2n) is 13.8. The molecule has 5 atom stereocenters. The van der Waals surface area contributed by atoms with Gasteiger partial charge in [0.1, 0.15) is 46.9 Å². The van der Waals surface area contributed by atoms with Crippen LogP contribution in [0.25, 0.3) is 11.6 Å². The van der Waals surface area contributed by atoms with Crippen LogP contribution in [0.3, 0.4) is 0 Å². The van der Waals surface area contributed by atoms with Gasteiger partial charge in [-0.1, -0.05) is 58.0 Å². The average Bonchev–Trinajstić information content (AvgIpc) is 3.79. The van der Waals surface area contributed by atoms with E-state index in [1.807, 2.05) is 56.3 Å². The van der Waals surface area contributed by atoms with Gasteiger partial charge in [-0.05, 0) is 48.9 Å². The van der Waals surface area contributed by atoms with Crippen LogP contribution in [-0.2, 0) is 27.0 Å². The van der Waals surface area contributed by atoms with Crippen LogP contribution in [0.5, 0.6) is 5.75 Å². The third-order valence-corrected chi connectivity index (χ3v) is 9.28. The first-order chi connectivity index (χ1) is 22.3. The Hall–Kier alpha value is -4.68. The van der Waals surface area contributed by atoms with Gasteiger partial charge in [-0.25, -0.2) is 9.97 Å². The molecular weight excluding hydrogens is 602 g/mol. The van der Waals surface area contributed by atoms with Crippen LogP contribution in [0.2, 0.25) is 0 Å². The van der Waals surface area contributed by atoms with E-state index in [0.29, 0.717) is 22.9 Å². The molecule has 2 aromatic heterocycles. The normalized spacial score (nSPS) is 23.6. The van der Waals surface area contributed by atoms with E-state index >= 15 is 0 Å². The standard InChI is InChI=1S/C35H39N5O7/c1-16(2)25-32-40-26(31-38-24(15-45-31)34(5,6)44)28(47-32)35-19-9-7-8-10-21(19)37-33(35)46-23-12-11-18(13-20(23)35)14-22(29(42)39-25)36-30(43)27(41)17(3)4/h7-13,15-17,22,25,27,33,37,41,44H,14H2,1-6H3,(H,36,43)(H,39,42). The first-order valence-corrected chi connectivity index (χ1v) is 15.9. The van der Waals surface area contributed by atoms with Crippen LogP contribution < -0.4 is 20.7 Å². The third kappa shape index (κ3) is 4.89. The summed E-state index contributed by atoms with van der Waals surface area (Å²) in [6, 6.07) is 11.8. The van der Waals surface area contributed by atoms with E-state index in [9.17, 15) is 19.8 Å². The topological polar surface area (TPSA) is 172 Å². The zero-order valence-electron chi connectivity index (χ0n) is 27.1. The van der Waals surface area contributed by atoms with E-state index in [1.165, 1.54) is 6.26 Å². The Morgan fingerprint density at radius 3 is 2.55 bits per heavy atom. The monoisotopic (exact) mass is 641 g/mol. The molecule has 2 aromatic carbocycles. The van der Waals surface area contributed by atoms with E-state index < -0.39 is 47.2 Å². The van der Waals surface area contributed by atoms with Crippen molar-refractivity contribution in [2.24, 2.45) is 11.8 Å². The number of aliphatic hydroxyl groups excluding tert-OH is 1. The van der Waals surface area contributed by atoms with E-state index in [4.69, 9.17) is 18.6 Å². The molecule has 0 fully saturated rings. The van der Waals surface area contributed by atoms with Crippen molar-refractivity contribution in [3.05, 3.63) is 82.8 Å². The first-order valence-electron chi connectivity index (χ1n) is 15.9. The minimum absolute atomic E-state index is 0.144. The van der Waals surface area contributed by atoms with E-state index in [0.717, 1.165) is 22.4 Å². The van der Waals surface area contributed by atoms with Crippen molar-refractivity contribution in [2.45, 2.75) is 83.4 Å². The van der Waals surface area contributed by atoms with Gasteiger partial charge in [0.05, 0.1) is 0 Å². The molecule has 12 heteroatoms. The molecule has 2 amide bonds. The molecular formula is C35H39N5O7. The number of anilines is 1. The fraction of sp³-hybridized carbons (Fsp3) is 0.429. The minimum Gasteiger partial charge on any atom is -0.469 e. The molecule has 47 heavy (non-hydrogen) atoms. The summed E-state index contributed by atoms with van der Waals surface area (Å²) in [7, 11) is 0. The summed E-state index contributed by atoms with van der Waals surface area (Å²) in [5.41, 5.74) is 1.60. The van der Waals surface area contributed by atoms with Crippen molar-refractivity contribution in [2.75, 3.05) is 5.32 Å². The molecule has 12 nitrogen and oxygen atoms in total. The number of fused-ring (bicyclic) bond motifs is 4. The Bertz CT molecular complexity index is 1870. The van der Waals surface area contributed by atoms with Crippen LogP contribution in [0.15, 0.2) is 57.6 Å². The van der Waals surface area contributed by atoms with Crippen LogP contribution in [-0.4, -0.2) is 50.4 Å². The minimum atomic E-state index is -1.28. The molecule has 5 unspecified atom stereocenters. The second kappa shape index (κ2) is 11.0. The molecule has 0 saturated carbocycles. The highest BCUT2D eigenvalue weighted by Crippen LogP contribution is 2.59. The molecule has 0 radical (unpaired) electrons. The number of rotatable bonds is 6. The van der Waals surface area contributed by atoms with Gasteiger partial charge in [0.25, 0.3) is 0 Å². The fourth-order valence-corrected chi connectivity index (χ4v) is 6.67. The lowest BCUT2D eigenvalue weighted by Crippen LogP contribution is -2.52. The quantitative estimate of drug-likeness (QED) is 0.208. The predicted molar refractivity (Wildman–Crippen MR) is 170 cm³/mol. The molecule has 0 saturated heterocycles. The smallest absolute Gasteiger partial charge is 0.249 e. The number of benzene rings is 2. The summed E-state index contributed by atoms with van der Waals surface area (Å²) in [5, 5.41) is 30.6. The Kier molecular flexibility index (Phi) is 7.21. The van der Waals surface area contributed by atoms with Gasteiger partial charge in [-0.3, -0.25) is 9.59 Å². The number of hydrogen-bond donors (Lipinski definition) is 5. The maximum Gasteiger partial charge on any atom is 0.249 e. The predicted octanol–water partition coefficient (Wildman–Crippen LogP) is 3.91. The van der Waals surface area contributed by atoms with E-state index in [1.54, 1.807) is 27.7 Å². The van der Waals surface area contributed by atoms with Crippen molar-refractivity contribution < 1.29 is 33.4 Å². The molecule has 3 aliphatic heterocycles. The van der Waals surface area contributed by atoms with Crippen LogP contribution in [0.4, 0.5) is 5.69 Å². The number of aliphatic hydroxyl groups is 2. The van der Waals surface area contributed by atoms with Crippen LogP contribution >= 0.6 is 0 Å². The van der Waals surface area contributed by atoms with Gasteiger partial charge in [0.15, 0.2) is 17.7 Å². The Morgan fingerprint density at radius 1 is 1.09 bits per heavy atom. The van der Waals surface area contributed by atoms with E-state index in [-0.39, 0.29) is 30.0 Å². The lowest BCUT2D eigenvalue weighted by Gasteiger charge is -2.29. The maximum atomic E-state index is 14.0. The number of oxazole rings is 2. The molecule has 4 bridgehead atoms. The number of para-hydroxylation sites is 1. The summed E-state index contributed by atoms with van der Waals surface area (Å²) in [5.74, 6) is -0.212. The molecule has 3 aliphatic rings. The zero-order chi connectivity index (χ0) is 33.4. The maximum absolute atomic E-state index is 14.0. The fourth-order valence-electron chi connectivity index (χ4n) is 6.67. The number of amides is 2. The largest absolute Gasteiger partial charge is 0.469 e. The summed E-state index contributed by atoms with van der Waals surface area (Å²) < 4.78 is 19.3. The Labute approximate surface area is 271 Å². The average molecular weight is 642 g/mol. The molecule has 1 spiro atoms. The van der Waals surface area contributed by atoms with Gasteiger partial charge in [-0.15, -0.1) is 0 Å². The summed E-state index contributed by atoms with van der Waals surface area (Å²) in [4.78, 5) is 36.6. The zero-order valence-corrected chi connectivity index (χ0v) is 27.1. The van der Waals surface area contributed by atoms with Crippen molar-refractivity contribution in [3.8, 4) is 17.3 Å². The number of carbonyl (C=O) groups is 2. The molecule has 5 heterocycles. The van der Waals surface area contributed by atoms with Crippen molar-refractivity contribution in [1.29, 1.82) is 0 Å². The number of carbonyl (C=O) groups excluding carboxylic acids is 2. The summed E-state index contributed by atoms with van der Waals surface area (Å²) in [6.07, 6.45) is -0.352. The lowest BCUT2D eigenvalue weighted by atomic mass is 9.72. The highest BCUT2D eigenvalue weighted by atomic mass is 16.5. The van der Waals surface area contributed by atoms with Gasteiger partial charge >= 0.3 is 0 Å². The third-order valence-electron chi connectivity index (χ3n) is 9.28. The van der Waals surface area contributed by atoms with E-state index in [2.05, 4.69) is 20.9 Å². The molecule has 0 aliphatic carbocycles. The van der Waals surface area contributed by atoms with Gasteiger partial charge in [0.2, 0.25) is 23.6 Å². The number of ether oxygens (including phenoxy) is 1. The van der Waals surface area contributed by atoms with Crippen LogP contribution in [0, 0.1) is 11.8 Å². The first kappa shape index (κ1) is 30.9. The Morgan fingerprint density at radius 2 is 1.85 bits per heavy atom. The lowest BCUT2D eigenvalue weighted by molar-refractivity contribution is -0.135. The SMILES string of the molecule is CC(C)C(O)C(=O)NC1Cc2ccc3c(c2)C2(c4ccccc4NC2O3)c2oc(nc2-c2nc(C(C)(C)O)co2)C(C(C)C)NC1=O. The van der Waals surface area contributed by atoms with Gasteiger partial charge in [0, 0.05) is 17.7 Å². The molecule has 246 valence electrons. The number of nitrogens with zero attached hydrogens (tertiary/aromatic N) is 2. The number of hydrogen-bond acceptors (Lipinski definition) is 10. The summed E-state index contributed by atoms with van der Waals surface area (Å²) >= 11 is 0. The number of nitrogens with one attached hydrogen (secondary N) is 3.